The molecular weight excluding hydrogens is 204 g/mol. The second-order valence-electron chi connectivity index (χ2n) is 4.79. The van der Waals surface area contributed by atoms with E-state index in [9.17, 15) is 9.90 Å². The van der Waals surface area contributed by atoms with Crippen LogP contribution in [0.4, 0.5) is 0 Å². The first-order valence-electron chi connectivity index (χ1n) is 6.08. The average Bonchev–Trinajstić information content (AvgIpc) is 2.63. The lowest BCUT2D eigenvalue weighted by molar-refractivity contribution is 0.0766. The monoisotopic (exact) mass is 224 g/mol. The fourth-order valence-corrected chi connectivity index (χ4v) is 2.59. The van der Waals surface area contributed by atoms with Gasteiger partial charge in [0.15, 0.2) is 0 Å². The van der Waals surface area contributed by atoms with Crippen molar-refractivity contribution in [3.8, 4) is 0 Å². The molecule has 0 radical (unpaired) electrons. The van der Waals surface area contributed by atoms with Crippen molar-refractivity contribution in [3.05, 3.63) is 22.9 Å². The van der Waals surface area contributed by atoms with E-state index in [1.165, 1.54) is 0 Å². The van der Waals surface area contributed by atoms with Crippen LogP contribution < -0.4 is 5.69 Å². The molecule has 1 fully saturated rings. The van der Waals surface area contributed by atoms with Crippen LogP contribution in [0.15, 0.2) is 17.2 Å². The van der Waals surface area contributed by atoms with Crippen LogP contribution in [0.3, 0.4) is 0 Å². The molecule has 0 saturated heterocycles. The van der Waals surface area contributed by atoms with E-state index in [1.807, 2.05) is 19.3 Å². The molecule has 1 aromatic heterocycles. The SMILES string of the molecule is CCn1ccn(C2CC(O)CCC2C)c1=O. The van der Waals surface area contributed by atoms with Crippen molar-refractivity contribution in [3.63, 3.8) is 0 Å². The zero-order chi connectivity index (χ0) is 11.7. The zero-order valence-corrected chi connectivity index (χ0v) is 9.97. The maximum atomic E-state index is 12.0. The Hall–Kier alpha value is -1.03. The van der Waals surface area contributed by atoms with Crippen LogP contribution in [0.5, 0.6) is 0 Å². The number of aliphatic hydroxyl groups is 1. The number of aliphatic hydroxyl groups excluding tert-OH is 1. The maximum Gasteiger partial charge on any atom is 0.328 e. The average molecular weight is 224 g/mol. The molecule has 4 heteroatoms. The van der Waals surface area contributed by atoms with Gasteiger partial charge in [0.2, 0.25) is 0 Å². The molecule has 1 saturated carbocycles. The van der Waals surface area contributed by atoms with E-state index in [1.54, 1.807) is 9.13 Å². The van der Waals surface area contributed by atoms with Crippen molar-refractivity contribution in [2.24, 2.45) is 5.92 Å². The first-order chi connectivity index (χ1) is 7.63. The minimum Gasteiger partial charge on any atom is -0.393 e. The van der Waals surface area contributed by atoms with Crippen molar-refractivity contribution < 1.29 is 5.11 Å². The van der Waals surface area contributed by atoms with Gasteiger partial charge in [0.05, 0.1) is 6.10 Å². The van der Waals surface area contributed by atoms with Crippen LogP contribution in [-0.2, 0) is 6.54 Å². The summed E-state index contributed by atoms with van der Waals surface area (Å²) in [5.74, 6) is 0.466. The van der Waals surface area contributed by atoms with Crippen LogP contribution in [0.25, 0.3) is 0 Å². The summed E-state index contributed by atoms with van der Waals surface area (Å²) < 4.78 is 3.49. The van der Waals surface area contributed by atoms with Crippen molar-refractivity contribution in [2.45, 2.75) is 51.8 Å². The smallest absolute Gasteiger partial charge is 0.328 e. The molecule has 1 N–H and O–H groups in total. The minimum atomic E-state index is -0.252. The third-order valence-electron chi connectivity index (χ3n) is 3.70. The van der Waals surface area contributed by atoms with Crippen LogP contribution in [0, 0.1) is 5.92 Å². The van der Waals surface area contributed by atoms with Gasteiger partial charge in [0, 0.05) is 25.0 Å². The lowest BCUT2D eigenvalue weighted by atomic mass is 9.84. The number of imidazole rings is 1. The van der Waals surface area contributed by atoms with Crippen LogP contribution >= 0.6 is 0 Å². The summed E-state index contributed by atoms with van der Waals surface area (Å²) in [7, 11) is 0. The topological polar surface area (TPSA) is 47.2 Å². The molecule has 0 aromatic carbocycles. The Labute approximate surface area is 95.5 Å². The molecule has 3 atom stereocenters. The number of aromatic nitrogens is 2. The fourth-order valence-electron chi connectivity index (χ4n) is 2.59. The number of hydrogen-bond donors (Lipinski definition) is 1. The first kappa shape index (κ1) is 11.5. The molecule has 0 spiro atoms. The van der Waals surface area contributed by atoms with E-state index in [-0.39, 0.29) is 17.8 Å². The first-order valence-corrected chi connectivity index (χ1v) is 6.08. The zero-order valence-electron chi connectivity index (χ0n) is 9.97. The van der Waals surface area contributed by atoms with Gasteiger partial charge in [0.1, 0.15) is 0 Å². The Morgan fingerprint density at radius 2 is 2.19 bits per heavy atom. The number of aryl methyl sites for hydroxylation is 1. The van der Waals surface area contributed by atoms with Crippen molar-refractivity contribution in [2.75, 3.05) is 0 Å². The van der Waals surface area contributed by atoms with Gasteiger partial charge < -0.3 is 5.11 Å². The third-order valence-corrected chi connectivity index (χ3v) is 3.70. The Morgan fingerprint density at radius 1 is 1.44 bits per heavy atom. The van der Waals surface area contributed by atoms with E-state index in [4.69, 9.17) is 0 Å². The van der Waals surface area contributed by atoms with E-state index in [2.05, 4.69) is 6.92 Å². The van der Waals surface area contributed by atoms with Gasteiger partial charge >= 0.3 is 5.69 Å². The Bertz CT molecular complexity index is 407. The molecule has 1 aliphatic carbocycles. The second kappa shape index (κ2) is 4.45. The molecule has 1 heterocycles. The maximum absolute atomic E-state index is 12.0. The summed E-state index contributed by atoms with van der Waals surface area (Å²) in [5.41, 5.74) is 0.0495. The van der Waals surface area contributed by atoms with Gasteiger partial charge in [-0.1, -0.05) is 6.92 Å². The molecule has 0 bridgehead atoms. The molecule has 16 heavy (non-hydrogen) atoms. The Kier molecular flexibility index (Phi) is 3.19. The molecule has 1 aromatic rings. The fraction of sp³-hybridized carbons (Fsp3) is 0.750. The minimum absolute atomic E-state index is 0.0495. The summed E-state index contributed by atoms with van der Waals surface area (Å²) in [4.78, 5) is 12.0. The third kappa shape index (κ3) is 1.94. The van der Waals surface area contributed by atoms with E-state index >= 15 is 0 Å². The van der Waals surface area contributed by atoms with Gasteiger partial charge in [0.25, 0.3) is 0 Å². The predicted molar refractivity (Wildman–Crippen MR) is 62.4 cm³/mol. The van der Waals surface area contributed by atoms with E-state index in [0.29, 0.717) is 18.9 Å². The van der Waals surface area contributed by atoms with Crippen molar-refractivity contribution in [1.29, 1.82) is 0 Å². The van der Waals surface area contributed by atoms with Gasteiger partial charge in [-0.05, 0) is 32.1 Å². The molecule has 2 rings (SSSR count). The van der Waals surface area contributed by atoms with Crippen molar-refractivity contribution in [1.82, 2.24) is 9.13 Å². The predicted octanol–water partition coefficient (Wildman–Crippen LogP) is 1.39. The van der Waals surface area contributed by atoms with Crippen LogP contribution in [-0.4, -0.2) is 20.3 Å². The number of hydrogen-bond acceptors (Lipinski definition) is 2. The molecule has 0 aliphatic heterocycles. The summed E-state index contributed by atoms with van der Waals surface area (Å²) in [6.07, 6.45) is 5.99. The van der Waals surface area contributed by atoms with Crippen LogP contribution in [0.1, 0.15) is 39.2 Å². The largest absolute Gasteiger partial charge is 0.393 e. The normalized spacial score (nSPS) is 30.6. The van der Waals surface area contributed by atoms with Crippen molar-refractivity contribution >= 4 is 0 Å². The highest BCUT2D eigenvalue weighted by atomic mass is 16.3. The highest BCUT2D eigenvalue weighted by Gasteiger charge is 2.28. The standard InChI is InChI=1S/C12H20N2O2/c1-3-13-6-7-14(12(13)16)11-8-10(15)5-4-9(11)2/h6-7,9-11,15H,3-5,8H2,1-2H3. The quantitative estimate of drug-likeness (QED) is 0.825. The summed E-state index contributed by atoms with van der Waals surface area (Å²) >= 11 is 0. The van der Waals surface area contributed by atoms with Gasteiger partial charge in [-0.3, -0.25) is 9.13 Å². The van der Waals surface area contributed by atoms with E-state index < -0.39 is 0 Å². The summed E-state index contributed by atoms with van der Waals surface area (Å²) in [6.45, 7) is 4.83. The second-order valence-corrected chi connectivity index (χ2v) is 4.79. The molecular formula is C12H20N2O2. The molecule has 90 valence electrons. The molecule has 3 unspecified atom stereocenters. The number of nitrogens with zero attached hydrogens (tertiary/aromatic N) is 2. The highest BCUT2D eigenvalue weighted by Crippen LogP contribution is 2.32. The Morgan fingerprint density at radius 3 is 2.81 bits per heavy atom. The van der Waals surface area contributed by atoms with Crippen LogP contribution in [0.2, 0.25) is 0 Å². The lowest BCUT2D eigenvalue weighted by Crippen LogP contribution is -2.35. The van der Waals surface area contributed by atoms with Gasteiger partial charge in [-0.15, -0.1) is 0 Å². The highest BCUT2D eigenvalue weighted by molar-refractivity contribution is 4.90. The molecule has 1 aliphatic rings. The summed E-state index contributed by atoms with van der Waals surface area (Å²) in [5, 5.41) is 9.69. The number of rotatable bonds is 2. The Balaban J connectivity index is 2.28. The van der Waals surface area contributed by atoms with Gasteiger partial charge in [-0.2, -0.15) is 0 Å². The van der Waals surface area contributed by atoms with Gasteiger partial charge in [-0.25, -0.2) is 4.79 Å². The lowest BCUT2D eigenvalue weighted by Gasteiger charge is -2.32. The van der Waals surface area contributed by atoms with E-state index in [0.717, 1.165) is 12.8 Å². The molecule has 4 nitrogen and oxygen atoms in total. The molecule has 0 amide bonds. The summed E-state index contributed by atoms with van der Waals surface area (Å²) in [6, 6.07) is 0.157.